The number of rotatable bonds is 6. The van der Waals surface area contributed by atoms with E-state index in [9.17, 15) is 14.0 Å². The number of hydrogen-bond donors (Lipinski definition) is 2. The fraction of sp³-hybridized carbons (Fsp3) is 0.250. The SMILES string of the molecule is CNC(=O)c1ncc(C(N)=O)cc1-c1cc2nc(-c3cnn4c3CN(CCF)CC4)ccc2cn1. The van der Waals surface area contributed by atoms with Crippen molar-refractivity contribution < 1.29 is 14.0 Å². The molecule has 0 saturated heterocycles. The lowest BCUT2D eigenvalue weighted by atomic mass is 10.0. The summed E-state index contributed by atoms with van der Waals surface area (Å²) in [5.41, 5.74) is 9.78. The summed E-state index contributed by atoms with van der Waals surface area (Å²) >= 11 is 0. The van der Waals surface area contributed by atoms with Gasteiger partial charge in [-0.2, -0.15) is 5.10 Å². The fourth-order valence-electron chi connectivity index (χ4n) is 4.23. The van der Waals surface area contributed by atoms with Crippen LogP contribution >= 0.6 is 0 Å². The Bertz CT molecular complexity index is 1450. The molecular formula is C24H23FN8O2. The van der Waals surface area contributed by atoms with Crippen molar-refractivity contribution in [1.82, 2.24) is 34.9 Å². The second-order valence-corrected chi connectivity index (χ2v) is 8.22. The molecule has 0 bridgehead atoms. The van der Waals surface area contributed by atoms with Crippen molar-refractivity contribution in [3.05, 3.63) is 59.8 Å². The van der Waals surface area contributed by atoms with Crippen LogP contribution in [-0.2, 0) is 13.1 Å². The third kappa shape index (κ3) is 4.21. The molecule has 4 aromatic rings. The molecule has 35 heavy (non-hydrogen) atoms. The molecule has 1 aliphatic rings. The standard InChI is InChI=1S/C24H23FN8O2/c1-27-24(35)22-16(8-15(11-29-22)23(26)34)20-9-19-14(10-28-20)2-3-18(31-19)17-12-30-33-7-6-32(5-4-25)13-21(17)33/h2-3,8-12H,4-7,13H2,1H3,(H2,26,34)(H,27,35). The average Bonchev–Trinajstić information content (AvgIpc) is 3.30. The number of nitrogens with zero attached hydrogens (tertiary/aromatic N) is 6. The minimum Gasteiger partial charge on any atom is -0.366 e. The topological polar surface area (TPSA) is 132 Å². The zero-order valence-electron chi connectivity index (χ0n) is 19.0. The van der Waals surface area contributed by atoms with Crippen LogP contribution in [0.2, 0.25) is 0 Å². The van der Waals surface area contributed by atoms with E-state index in [1.807, 2.05) is 16.8 Å². The van der Waals surface area contributed by atoms with E-state index in [4.69, 9.17) is 10.7 Å². The van der Waals surface area contributed by atoms with E-state index in [1.165, 1.54) is 19.3 Å². The van der Waals surface area contributed by atoms with Gasteiger partial charge >= 0.3 is 0 Å². The highest BCUT2D eigenvalue weighted by Gasteiger charge is 2.22. The first-order valence-corrected chi connectivity index (χ1v) is 11.1. The normalized spacial score (nSPS) is 13.5. The summed E-state index contributed by atoms with van der Waals surface area (Å²) in [5.74, 6) is -1.07. The number of nitrogens with two attached hydrogens (primary N) is 1. The minimum atomic E-state index is -0.656. The molecule has 5 rings (SSSR count). The maximum Gasteiger partial charge on any atom is 0.270 e. The maximum absolute atomic E-state index is 12.9. The number of hydrogen-bond acceptors (Lipinski definition) is 7. The highest BCUT2D eigenvalue weighted by Crippen LogP contribution is 2.29. The Balaban J connectivity index is 1.58. The third-order valence-electron chi connectivity index (χ3n) is 6.09. The molecule has 178 valence electrons. The molecule has 0 aliphatic carbocycles. The van der Waals surface area contributed by atoms with Crippen LogP contribution in [-0.4, -0.2) is 68.3 Å². The van der Waals surface area contributed by atoms with Gasteiger partial charge in [-0.3, -0.25) is 24.2 Å². The summed E-state index contributed by atoms with van der Waals surface area (Å²) in [4.78, 5) is 39.6. The van der Waals surface area contributed by atoms with Crippen LogP contribution in [0.15, 0.2) is 42.9 Å². The van der Waals surface area contributed by atoms with E-state index in [1.54, 1.807) is 18.5 Å². The van der Waals surface area contributed by atoms with Gasteiger partial charge in [0.15, 0.2) is 0 Å². The third-order valence-corrected chi connectivity index (χ3v) is 6.09. The summed E-state index contributed by atoms with van der Waals surface area (Å²) in [7, 11) is 1.50. The summed E-state index contributed by atoms with van der Waals surface area (Å²) < 4.78 is 14.8. The zero-order valence-corrected chi connectivity index (χ0v) is 19.0. The van der Waals surface area contributed by atoms with E-state index in [0.29, 0.717) is 36.4 Å². The van der Waals surface area contributed by atoms with Crippen LogP contribution in [0.1, 0.15) is 26.5 Å². The van der Waals surface area contributed by atoms with Crippen LogP contribution < -0.4 is 11.1 Å². The molecule has 5 heterocycles. The molecule has 10 nitrogen and oxygen atoms in total. The summed E-state index contributed by atoms with van der Waals surface area (Å²) in [6, 6.07) is 7.07. The maximum atomic E-state index is 12.9. The van der Waals surface area contributed by atoms with Gasteiger partial charge in [0.25, 0.3) is 5.91 Å². The van der Waals surface area contributed by atoms with E-state index in [2.05, 4.69) is 25.3 Å². The van der Waals surface area contributed by atoms with Crippen LogP contribution in [0.3, 0.4) is 0 Å². The molecule has 0 aromatic carbocycles. The first-order valence-electron chi connectivity index (χ1n) is 11.1. The Hall–Kier alpha value is -4.25. The van der Waals surface area contributed by atoms with Crippen LogP contribution in [0, 0.1) is 0 Å². The number of nitrogens with one attached hydrogen (secondary N) is 1. The Morgan fingerprint density at radius 2 is 1.94 bits per heavy atom. The number of amides is 2. The second-order valence-electron chi connectivity index (χ2n) is 8.22. The van der Waals surface area contributed by atoms with Crippen LogP contribution in [0.4, 0.5) is 4.39 Å². The van der Waals surface area contributed by atoms with Crippen molar-refractivity contribution >= 4 is 22.7 Å². The van der Waals surface area contributed by atoms with Gasteiger partial charge in [0, 0.05) is 55.6 Å². The Labute approximate surface area is 200 Å². The number of carbonyl (C=O) groups is 2. The molecule has 0 saturated carbocycles. The Morgan fingerprint density at radius 1 is 1.09 bits per heavy atom. The van der Waals surface area contributed by atoms with Crippen molar-refractivity contribution in [2.45, 2.75) is 13.1 Å². The lowest BCUT2D eigenvalue weighted by molar-refractivity contribution is 0.0955. The quantitative estimate of drug-likeness (QED) is 0.435. The predicted octanol–water partition coefficient (Wildman–Crippen LogP) is 1.80. The number of alkyl halides is 1. The Morgan fingerprint density at radius 3 is 2.71 bits per heavy atom. The molecule has 3 N–H and O–H groups in total. The fourth-order valence-corrected chi connectivity index (χ4v) is 4.23. The lowest BCUT2D eigenvalue weighted by Gasteiger charge is -2.27. The van der Waals surface area contributed by atoms with Gasteiger partial charge in [-0.05, 0) is 24.3 Å². The first kappa shape index (κ1) is 22.5. The predicted molar refractivity (Wildman–Crippen MR) is 127 cm³/mol. The van der Waals surface area contributed by atoms with Crippen molar-refractivity contribution in [2.24, 2.45) is 5.73 Å². The number of carbonyl (C=O) groups excluding carboxylic acids is 2. The van der Waals surface area contributed by atoms with E-state index in [-0.39, 0.29) is 11.3 Å². The van der Waals surface area contributed by atoms with Crippen LogP contribution in [0.5, 0.6) is 0 Å². The highest BCUT2D eigenvalue weighted by molar-refractivity contribution is 6.01. The molecule has 0 atom stereocenters. The van der Waals surface area contributed by atoms with Gasteiger partial charge in [0.1, 0.15) is 12.4 Å². The van der Waals surface area contributed by atoms with E-state index in [0.717, 1.165) is 28.9 Å². The van der Waals surface area contributed by atoms with Crippen molar-refractivity contribution in [2.75, 3.05) is 26.8 Å². The van der Waals surface area contributed by atoms with Crippen LogP contribution in [0.25, 0.3) is 33.4 Å². The molecule has 2 amide bonds. The molecule has 1 aliphatic heterocycles. The van der Waals surface area contributed by atoms with Crippen molar-refractivity contribution in [1.29, 1.82) is 0 Å². The summed E-state index contributed by atoms with van der Waals surface area (Å²) in [6.45, 7) is 2.04. The summed E-state index contributed by atoms with van der Waals surface area (Å²) in [6.07, 6.45) is 4.71. The first-order chi connectivity index (χ1) is 17.0. The monoisotopic (exact) mass is 474 g/mol. The van der Waals surface area contributed by atoms with Gasteiger partial charge in [-0.1, -0.05) is 0 Å². The number of primary amides is 1. The Kier molecular flexibility index (Phi) is 5.91. The second kappa shape index (κ2) is 9.18. The molecule has 0 spiro atoms. The minimum absolute atomic E-state index is 0.124. The summed E-state index contributed by atoms with van der Waals surface area (Å²) in [5, 5.41) is 7.84. The number of aromatic nitrogens is 5. The number of pyridine rings is 3. The molecular weight excluding hydrogens is 451 g/mol. The van der Waals surface area contributed by atoms with Crippen molar-refractivity contribution in [3.8, 4) is 22.5 Å². The van der Waals surface area contributed by atoms with Gasteiger partial charge in [0.05, 0.1) is 40.9 Å². The number of fused-ring (bicyclic) bond motifs is 2. The van der Waals surface area contributed by atoms with Gasteiger partial charge in [-0.25, -0.2) is 14.4 Å². The van der Waals surface area contributed by atoms with E-state index < -0.39 is 18.5 Å². The largest absolute Gasteiger partial charge is 0.366 e. The molecule has 11 heteroatoms. The van der Waals surface area contributed by atoms with Gasteiger partial charge < -0.3 is 11.1 Å². The number of halogens is 1. The van der Waals surface area contributed by atoms with E-state index >= 15 is 0 Å². The lowest BCUT2D eigenvalue weighted by Crippen LogP contribution is -2.35. The van der Waals surface area contributed by atoms with Crippen molar-refractivity contribution in [3.63, 3.8) is 0 Å². The van der Waals surface area contributed by atoms with Gasteiger partial charge in [-0.15, -0.1) is 0 Å². The average molecular weight is 475 g/mol. The highest BCUT2D eigenvalue weighted by atomic mass is 19.1. The smallest absolute Gasteiger partial charge is 0.270 e. The molecule has 0 radical (unpaired) electrons. The molecule has 4 aromatic heterocycles. The molecule has 0 unspecified atom stereocenters. The molecule has 0 fully saturated rings. The zero-order chi connectivity index (χ0) is 24.5. The van der Waals surface area contributed by atoms with Gasteiger partial charge in [0.2, 0.25) is 5.91 Å².